The summed E-state index contributed by atoms with van der Waals surface area (Å²) in [5.74, 6) is -0.484. The molecule has 154 valence electrons. The van der Waals surface area contributed by atoms with Crippen molar-refractivity contribution in [3.63, 3.8) is 0 Å². The highest BCUT2D eigenvalue weighted by Gasteiger charge is 2.26. The lowest BCUT2D eigenvalue weighted by Gasteiger charge is -2.17. The molecule has 2 aliphatic rings. The number of para-hydroxylation sites is 2. The van der Waals surface area contributed by atoms with Crippen LogP contribution in [0.25, 0.3) is 0 Å². The summed E-state index contributed by atoms with van der Waals surface area (Å²) in [6, 6.07) is 16.8. The molecular weight excluding hydrogens is 384 g/mol. The van der Waals surface area contributed by atoms with Crippen LogP contribution in [0.3, 0.4) is 0 Å². The Kier molecular flexibility index (Phi) is 5.74. The fourth-order valence-corrected chi connectivity index (χ4v) is 3.46. The van der Waals surface area contributed by atoms with E-state index in [1.54, 1.807) is 24.3 Å². The Bertz CT molecular complexity index is 990. The van der Waals surface area contributed by atoms with Crippen molar-refractivity contribution in [2.45, 2.75) is 19.3 Å². The number of carbonyl (C=O) groups is 3. The summed E-state index contributed by atoms with van der Waals surface area (Å²) < 4.78 is 4.97. The first-order chi connectivity index (χ1) is 14.6. The van der Waals surface area contributed by atoms with Crippen molar-refractivity contribution in [1.29, 1.82) is 0 Å². The van der Waals surface area contributed by atoms with E-state index in [0.29, 0.717) is 37.5 Å². The van der Waals surface area contributed by atoms with Crippen molar-refractivity contribution in [3.8, 4) is 0 Å². The number of amides is 3. The van der Waals surface area contributed by atoms with Crippen molar-refractivity contribution < 1.29 is 19.1 Å². The zero-order valence-electron chi connectivity index (χ0n) is 16.4. The predicted octanol–water partition coefficient (Wildman–Crippen LogP) is 3.00. The molecule has 0 unspecified atom stereocenters. The van der Waals surface area contributed by atoms with Crippen LogP contribution < -0.4 is 10.2 Å². The quantitative estimate of drug-likeness (QED) is 0.798. The van der Waals surface area contributed by atoms with Gasteiger partial charge >= 0.3 is 6.09 Å². The molecule has 2 aromatic rings. The number of carbonyl (C=O) groups excluding carboxylic acids is 3. The normalized spacial score (nSPS) is 15.7. The highest BCUT2D eigenvalue weighted by atomic mass is 16.6. The fourth-order valence-electron chi connectivity index (χ4n) is 3.46. The van der Waals surface area contributed by atoms with Crippen LogP contribution in [0.1, 0.15) is 24.8 Å². The van der Waals surface area contributed by atoms with Gasteiger partial charge in [-0.3, -0.25) is 14.5 Å². The van der Waals surface area contributed by atoms with Crippen LogP contribution in [0, 0.1) is 0 Å². The van der Waals surface area contributed by atoms with Crippen molar-refractivity contribution in [2.24, 2.45) is 5.10 Å². The Labute approximate surface area is 174 Å². The van der Waals surface area contributed by atoms with E-state index < -0.39 is 6.09 Å². The Hall–Kier alpha value is -3.68. The summed E-state index contributed by atoms with van der Waals surface area (Å²) in [6.07, 6.45) is 0.352. The molecule has 0 aliphatic carbocycles. The second kappa shape index (κ2) is 8.77. The molecule has 0 bridgehead atoms. The molecule has 2 aromatic carbocycles. The molecule has 1 saturated heterocycles. The summed E-state index contributed by atoms with van der Waals surface area (Å²) in [7, 11) is 0. The molecule has 2 heterocycles. The molecule has 3 amide bonds. The summed E-state index contributed by atoms with van der Waals surface area (Å²) in [5, 5.41) is 8.63. The SMILES string of the molecule is O=C(CCC(=O)N1CCC(c2ccccc2)=N1)Nc1ccccc1N1CCOC1=O. The first-order valence-corrected chi connectivity index (χ1v) is 9.88. The lowest BCUT2D eigenvalue weighted by atomic mass is 10.1. The van der Waals surface area contributed by atoms with Crippen LogP contribution in [0.2, 0.25) is 0 Å². The van der Waals surface area contributed by atoms with Crippen LogP contribution in [0.15, 0.2) is 59.7 Å². The van der Waals surface area contributed by atoms with Gasteiger partial charge in [0.15, 0.2) is 0 Å². The van der Waals surface area contributed by atoms with Crippen LogP contribution in [0.4, 0.5) is 16.2 Å². The Morgan fingerprint density at radius 1 is 1.00 bits per heavy atom. The monoisotopic (exact) mass is 406 g/mol. The summed E-state index contributed by atoms with van der Waals surface area (Å²) >= 11 is 0. The number of benzene rings is 2. The maximum atomic E-state index is 12.5. The lowest BCUT2D eigenvalue weighted by Crippen LogP contribution is -2.26. The van der Waals surface area contributed by atoms with Gasteiger partial charge in [-0.05, 0) is 17.7 Å². The summed E-state index contributed by atoms with van der Waals surface area (Å²) in [5.41, 5.74) is 2.97. The van der Waals surface area contributed by atoms with Gasteiger partial charge in [-0.2, -0.15) is 5.10 Å². The number of cyclic esters (lactones) is 1. The van der Waals surface area contributed by atoms with Gasteiger partial charge in [-0.1, -0.05) is 42.5 Å². The minimum absolute atomic E-state index is 0.0320. The van der Waals surface area contributed by atoms with Gasteiger partial charge < -0.3 is 10.1 Å². The Morgan fingerprint density at radius 2 is 1.77 bits per heavy atom. The zero-order chi connectivity index (χ0) is 20.9. The van der Waals surface area contributed by atoms with Gasteiger partial charge in [-0.25, -0.2) is 9.80 Å². The minimum Gasteiger partial charge on any atom is -0.447 e. The van der Waals surface area contributed by atoms with E-state index >= 15 is 0 Å². The number of ether oxygens (including phenoxy) is 1. The molecule has 2 aliphatic heterocycles. The number of nitrogens with zero attached hydrogens (tertiary/aromatic N) is 3. The maximum absolute atomic E-state index is 12.5. The van der Waals surface area contributed by atoms with Gasteiger partial charge in [0.2, 0.25) is 11.8 Å². The summed E-state index contributed by atoms with van der Waals surface area (Å²) in [6.45, 7) is 1.27. The van der Waals surface area contributed by atoms with Gasteiger partial charge in [0, 0.05) is 19.3 Å². The predicted molar refractivity (Wildman–Crippen MR) is 112 cm³/mol. The lowest BCUT2D eigenvalue weighted by molar-refractivity contribution is -0.132. The average molecular weight is 406 g/mol. The van der Waals surface area contributed by atoms with Gasteiger partial charge in [0.1, 0.15) is 6.61 Å². The second-order valence-electron chi connectivity index (χ2n) is 7.01. The van der Waals surface area contributed by atoms with Crippen molar-refractivity contribution in [1.82, 2.24) is 5.01 Å². The van der Waals surface area contributed by atoms with E-state index in [0.717, 1.165) is 11.3 Å². The van der Waals surface area contributed by atoms with Gasteiger partial charge in [-0.15, -0.1) is 0 Å². The molecule has 0 atom stereocenters. The molecule has 1 N–H and O–H groups in total. The maximum Gasteiger partial charge on any atom is 0.414 e. The third-order valence-electron chi connectivity index (χ3n) is 4.99. The number of anilines is 2. The van der Waals surface area contributed by atoms with E-state index in [1.165, 1.54) is 9.91 Å². The van der Waals surface area contributed by atoms with Crippen molar-refractivity contribution >= 4 is 35.0 Å². The smallest absolute Gasteiger partial charge is 0.414 e. The molecule has 0 spiro atoms. The molecule has 4 rings (SSSR count). The van der Waals surface area contributed by atoms with Crippen molar-refractivity contribution in [3.05, 3.63) is 60.2 Å². The fraction of sp³-hybridized carbons (Fsp3) is 0.273. The first-order valence-electron chi connectivity index (χ1n) is 9.88. The van der Waals surface area contributed by atoms with E-state index in [2.05, 4.69) is 10.4 Å². The third kappa shape index (κ3) is 4.32. The topological polar surface area (TPSA) is 91.3 Å². The minimum atomic E-state index is -0.437. The van der Waals surface area contributed by atoms with Crippen LogP contribution in [-0.4, -0.2) is 48.3 Å². The van der Waals surface area contributed by atoms with E-state index in [4.69, 9.17) is 4.74 Å². The first kappa shape index (κ1) is 19.6. The van der Waals surface area contributed by atoms with Gasteiger partial charge in [0.05, 0.1) is 30.2 Å². The zero-order valence-corrected chi connectivity index (χ0v) is 16.4. The van der Waals surface area contributed by atoms with Gasteiger partial charge in [0.25, 0.3) is 0 Å². The standard InChI is InChI=1S/C22H22N4O4/c27-20(23-18-8-4-5-9-19(18)25-14-15-30-22(25)29)10-11-21(28)26-13-12-17(24-26)16-6-2-1-3-7-16/h1-9H,10-15H2,(H,23,27). The number of hydrogen-bond donors (Lipinski definition) is 1. The third-order valence-corrected chi connectivity index (χ3v) is 4.99. The molecule has 0 saturated carbocycles. The molecular formula is C22H22N4O4. The molecule has 0 aromatic heterocycles. The van der Waals surface area contributed by atoms with E-state index in [1.807, 2.05) is 30.3 Å². The number of nitrogens with one attached hydrogen (secondary N) is 1. The Morgan fingerprint density at radius 3 is 2.53 bits per heavy atom. The number of hydrazone groups is 1. The molecule has 8 heteroatoms. The van der Waals surface area contributed by atoms with Crippen LogP contribution in [0.5, 0.6) is 0 Å². The Balaban J connectivity index is 1.33. The number of rotatable bonds is 6. The van der Waals surface area contributed by atoms with Crippen LogP contribution in [-0.2, 0) is 14.3 Å². The molecule has 1 fully saturated rings. The highest BCUT2D eigenvalue weighted by Crippen LogP contribution is 2.28. The highest BCUT2D eigenvalue weighted by molar-refractivity contribution is 6.03. The molecule has 8 nitrogen and oxygen atoms in total. The van der Waals surface area contributed by atoms with Crippen LogP contribution >= 0.6 is 0 Å². The van der Waals surface area contributed by atoms with E-state index in [-0.39, 0.29) is 24.7 Å². The van der Waals surface area contributed by atoms with Crippen molar-refractivity contribution in [2.75, 3.05) is 29.9 Å². The van der Waals surface area contributed by atoms with E-state index in [9.17, 15) is 14.4 Å². The largest absolute Gasteiger partial charge is 0.447 e. The second-order valence-corrected chi connectivity index (χ2v) is 7.01. The molecule has 30 heavy (non-hydrogen) atoms. The summed E-state index contributed by atoms with van der Waals surface area (Å²) in [4.78, 5) is 38.2. The number of hydrogen-bond acceptors (Lipinski definition) is 5. The average Bonchev–Trinajstić information content (AvgIpc) is 3.43. The molecule has 0 radical (unpaired) electrons.